The van der Waals surface area contributed by atoms with Crippen molar-refractivity contribution in [1.29, 1.82) is 0 Å². The molecule has 0 atom stereocenters. The van der Waals surface area contributed by atoms with Crippen molar-refractivity contribution < 1.29 is 9.59 Å². The van der Waals surface area contributed by atoms with Crippen LogP contribution in [0.1, 0.15) is 43.7 Å². The SMILES string of the molecule is Cc1cccc(N2N=C(C(=O)Nc3nnc(-c4ccc(C(C)C)cc4)s3)CCC2=O)c1. The van der Waals surface area contributed by atoms with Crippen LogP contribution in [0.25, 0.3) is 10.6 Å². The summed E-state index contributed by atoms with van der Waals surface area (Å²) < 4.78 is 0. The minimum absolute atomic E-state index is 0.134. The average molecular weight is 434 g/mol. The summed E-state index contributed by atoms with van der Waals surface area (Å²) in [5, 5.41) is 17.8. The van der Waals surface area contributed by atoms with E-state index in [0.29, 0.717) is 22.4 Å². The fraction of sp³-hybridized carbons (Fsp3) is 0.261. The number of hydrogen-bond donors (Lipinski definition) is 1. The zero-order chi connectivity index (χ0) is 22.0. The van der Waals surface area contributed by atoms with Crippen molar-refractivity contribution in [2.24, 2.45) is 5.10 Å². The first-order chi connectivity index (χ1) is 14.9. The van der Waals surface area contributed by atoms with E-state index < -0.39 is 0 Å². The van der Waals surface area contributed by atoms with Gasteiger partial charge in [-0.2, -0.15) is 5.10 Å². The van der Waals surface area contributed by atoms with Gasteiger partial charge in [0.15, 0.2) is 0 Å². The topological polar surface area (TPSA) is 87.6 Å². The molecule has 3 aromatic rings. The monoisotopic (exact) mass is 433 g/mol. The van der Waals surface area contributed by atoms with E-state index >= 15 is 0 Å². The van der Waals surface area contributed by atoms with Gasteiger partial charge < -0.3 is 0 Å². The highest BCUT2D eigenvalue weighted by atomic mass is 32.1. The molecule has 8 heteroatoms. The lowest BCUT2D eigenvalue weighted by Crippen LogP contribution is -2.36. The maximum absolute atomic E-state index is 12.7. The molecule has 158 valence electrons. The summed E-state index contributed by atoms with van der Waals surface area (Å²) in [6, 6.07) is 15.6. The minimum atomic E-state index is -0.372. The molecule has 31 heavy (non-hydrogen) atoms. The smallest absolute Gasteiger partial charge is 0.273 e. The van der Waals surface area contributed by atoms with Gasteiger partial charge in [0, 0.05) is 18.4 Å². The van der Waals surface area contributed by atoms with Crippen LogP contribution < -0.4 is 10.3 Å². The standard InChI is InChI=1S/C23H23N5O2S/c1-14(2)16-7-9-17(10-8-16)22-25-26-23(31-22)24-21(30)19-11-12-20(29)28(27-19)18-6-4-5-15(3)13-18/h4-10,13-14H,11-12H2,1-3H3,(H,24,26,30). The molecule has 0 saturated heterocycles. The van der Waals surface area contributed by atoms with Crippen molar-refractivity contribution in [1.82, 2.24) is 10.2 Å². The number of aromatic nitrogens is 2. The summed E-state index contributed by atoms with van der Waals surface area (Å²) in [6.45, 7) is 6.24. The summed E-state index contributed by atoms with van der Waals surface area (Å²) in [4.78, 5) is 25.1. The lowest BCUT2D eigenvalue weighted by molar-refractivity contribution is -0.118. The molecule has 2 heterocycles. The number of anilines is 2. The Kier molecular flexibility index (Phi) is 5.90. The van der Waals surface area contributed by atoms with Crippen LogP contribution in [-0.2, 0) is 9.59 Å². The number of benzene rings is 2. The summed E-state index contributed by atoms with van der Waals surface area (Å²) in [5.41, 5.74) is 4.16. The Morgan fingerprint density at radius 1 is 1.10 bits per heavy atom. The molecule has 1 aromatic heterocycles. The highest BCUT2D eigenvalue weighted by Gasteiger charge is 2.26. The number of hydrogen-bond acceptors (Lipinski definition) is 6. The number of aryl methyl sites for hydroxylation is 1. The zero-order valence-electron chi connectivity index (χ0n) is 17.6. The molecule has 1 N–H and O–H groups in total. The molecule has 0 unspecified atom stereocenters. The molecular formula is C23H23N5O2S. The maximum atomic E-state index is 12.7. The predicted octanol–water partition coefficient (Wildman–Crippen LogP) is 4.76. The summed E-state index contributed by atoms with van der Waals surface area (Å²) in [6.07, 6.45) is 0.513. The summed E-state index contributed by atoms with van der Waals surface area (Å²) in [7, 11) is 0. The Hall–Kier alpha value is -3.39. The minimum Gasteiger partial charge on any atom is -0.295 e. The number of rotatable bonds is 5. The molecule has 0 bridgehead atoms. The largest absolute Gasteiger partial charge is 0.295 e. The second-order valence-electron chi connectivity index (χ2n) is 7.73. The summed E-state index contributed by atoms with van der Waals surface area (Å²) in [5.74, 6) is -0.0472. The van der Waals surface area contributed by atoms with Gasteiger partial charge in [-0.25, -0.2) is 5.01 Å². The van der Waals surface area contributed by atoms with E-state index in [0.717, 1.165) is 16.1 Å². The average Bonchev–Trinajstić information content (AvgIpc) is 3.22. The maximum Gasteiger partial charge on any atom is 0.273 e. The normalized spacial score (nSPS) is 14.0. The summed E-state index contributed by atoms with van der Waals surface area (Å²) >= 11 is 1.30. The first-order valence-corrected chi connectivity index (χ1v) is 10.9. The van der Waals surface area contributed by atoms with Crippen LogP contribution in [-0.4, -0.2) is 27.7 Å². The van der Waals surface area contributed by atoms with Gasteiger partial charge in [0.25, 0.3) is 5.91 Å². The Bertz CT molecular complexity index is 1150. The first kappa shape index (κ1) is 20.9. The van der Waals surface area contributed by atoms with Crippen LogP contribution in [0.2, 0.25) is 0 Å². The van der Waals surface area contributed by atoms with Gasteiger partial charge in [0.1, 0.15) is 10.7 Å². The van der Waals surface area contributed by atoms with Crippen molar-refractivity contribution in [3.8, 4) is 10.6 Å². The molecule has 0 saturated carbocycles. The second-order valence-corrected chi connectivity index (χ2v) is 8.71. The van der Waals surface area contributed by atoms with Crippen molar-refractivity contribution in [2.45, 2.75) is 39.5 Å². The highest BCUT2D eigenvalue weighted by molar-refractivity contribution is 7.18. The first-order valence-electron chi connectivity index (χ1n) is 10.1. The van der Waals surface area contributed by atoms with E-state index in [1.54, 1.807) is 6.07 Å². The molecule has 1 aliphatic rings. The van der Waals surface area contributed by atoms with Crippen molar-refractivity contribution in [3.05, 3.63) is 59.7 Å². The van der Waals surface area contributed by atoms with E-state index in [1.165, 1.54) is 21.9 Å². The van der Waals surface area contributed by atoms with Crippen LogP contribution in [0.5, 0.6) is 0 Å². The number of amides is 2. The Balaban J connectivity index is 1.49. The van der Waals surface area contributed by atoms with Crippen LogP contribution in [0.15, 0.2) is 53.6 Å². The van der Waals surface area contributed by atoms with E-state index in [1.807, 2.05) is 37.3 Å². The van der Waals surface area contributed by atoms with Crippen LogP contribution >= 0.6 is 11.3 Å². The molecule has 0 fully saturated rings. The van der Waals surface area contributed by atoms with Crippen molar-refractivity contribution in [3.63, 3.8) is 0 Å². The van der Waals surface area contributed by atoms with Gasteiger partial charge in [0.2, 0.25) is 11.0 Å². The van der Waals surface area contributed by atoms with Crippen LogP contribution in [0.4, 0.5) is 10.8 Å². The highest BCUT2D eigenvalue weighted by Crippen LogP contribution is 2.28. The van der Waals surface area contributed by atoms with E-state index in [-0.39, 0.29) is 24.7 Å². The van der Waals surface area contributed by atoms with Crippen LogP contribution in [0.3, 0.4) is 0 Å². The third kappa shape index (κ3) is 4.69. The number of hydrazone groups is 1. The predicted molar refractivity (Wildman–Crippen MR) is 123 cm³/mol. The molecule has 1 aliphatic heterocycles. The van der Waals surface area contributed by atoms with Crippen LogP contribution in [0, 0.1) is 6.92 Å². The molecule has 7 nitrogen and oxygen atoms in total. The third-order valence-electron chi connectivity index (χ3n) is 5.01. The molecule has 0 aliphatic carbocycles. The van der Waals surface area contributed by atoms with E-state index in [2.05, 4.69) is 46.6 Å². The fourth-order valence-electron chi connectivity index (χ4n) is 3.25. The van der Waals surface area contributed by atoms with Gasteiger partial charge in [-0.3, -0.25) is 14.9 Å². The lowest BCUT2D eigenvalue weighted by Gasteiger charge is -2.23. The van der Waals surface area contributed by atoms with Gasteiger partial charge >= 0.3 is 0 Å². The Morgan fingerprint density at radius 3 is 2.58 bits per heavy atom. The molecule has 4 rings (SSSR count). The fourth-order valence-corrected chi connectivity index (χ4v) is 3.99. The number of nitrogens with zero attached hydrogens (tertiary/aromatic N) is 4. The van der Waals surface area contributed by atoms with E-state index in [4.69, 9.17) is 0 Å². The molecule has 2 aromatic carbocycles. The second kappa shape index (κ2) is 8.77. The molecule has 0 radical (unpaired) electrons. The van der Waals surface area contributed by atoms with Crippen molar-refractivity contribution >= 4 is 39.7 Å². The van der Waals surface area contributed by atoms with Gasteiger partial charge in [-0.15, -0.1) is 10.2 Å². The Morgan fingerprint density at radius 2 is 1.87 bits per heavy atom. The Labute approximate surface area is 184 Å². The number of nitrogens with one attached hydrogen (secondary N) is 1. The quantitative estimate of drug-likeness (QED) is 0.628. The number of carbonyl (C=O) groups is 2. The third-order valence-corrected chi connectivity index (χ3v) is 5.90. The molecule has 2 amide bonds. The van der Waals surface area contributed by atoms with E-state index in [9.17, 15) is 9.59 Å². The zero-order valence-corrected chi connectivity index (χ0v) is 18.4. The lowest BCUT2D eigenvalue weighted by atomic mass is 10.0. The van der Waals surface area contributed by atoms with Gasteiger partial charge in [0.05, 0.1) is 5.69 Å². The molecule has 0 spiro atoms. The van der Waals surface area contributed by atoms with Gasteiger partial charge in [-0.1, -0.05) is 61.6 Å². The van der Waals surface area contributed by atoms with Crippen molar-refractivity contribution in [2.75, 3.05) is 10.3 Å². The molecular weight excluding hydrogens is 410 g/mol. The number of carbonyl (C=O) groups excluding carboxylic acids is 2. The van der Waals surface area contributed by atoms with Gasteiger partial charge in [-0.05, 0) is 36.1 Å².